The molecule has 8 nitrogen and oxygen atoms in total. The Balaban J connectivity index is 4.28. The highest BCUT2D eigenvalue weighted by molar-refractivity contribution is 5.72. The number of allylic oxidation sites excluding steroid dienone is 6. The van der Waals surface area contributed by atoms with Gasteiger partial charge >= 0.3 is 17.9 Å². The summed E-state index contributed by atoms with van der Waals surface area (Å²) in [5, 5.41) is 9.63. The van der Waals surface area contributed by atoms with E-state index in [0.717, 1.165) is 57.8 Å². The maximum Gasteiger partial charge on any atom is 0.362 e. The predicted octanol–water partition coefficient (Wildman–Crippen LogP) is 13.0. The van der Waals surface area contributed by atoms with E-state index in [1.54, 1.807) is 0 Å². The van der Waals surface area contributed by atoms with Gasteiger partial charge in [-0.05, 0) is 32.1 Å². The second kappa shape index (κ2) is 40.3. The zero-order valence-electron chi connectivity index (χ0n) is 37.8. The van der Waals surface area contributed by atoms with Gasteiger partial charge in [-0.1, -0.05) is 192 Å². The van der Waals surface area contributed by atoms with E-state index in [-0.39, 0.29) is 36.2 Å². The molecule has 0 radical (unpaired) electrons. The van der Waals surface area contributed by atoms with Crippen LogP contribution in [0.3, 0.4) is 0 Å². The summed E-state index contributed by atoms with van der Waals surface area (Å²) in [4.78, 5) is 37.0. The molecule has 0 aromatic carbocycles. The molecule has 0 bridgehead atoms. The van der Waals surface area contributed by atoms with Gasteiger partial charge in [0.05, 0.1) is 34.4 Å². The zero-order chi connectivity index (χ0) is 42.1. The van der Waals surface area contributed by atoms with E-state index in [4.69, 9.17) is 14.2 Å². The number of aliphatic carboxylic acids is 1. The van der Waals surface area contributed by atoms with Crippen molar-refractivity contribution in [3.05, 3.63) is 36.5 Å². The van der Waals surface area contributed by atoms with Gasteiger partial charge in [0, 0.05) is 19.3 Å². The van der Waals surface area contributed by atoms with Crippen molar-refractivity contribution in [1.29, 1.82) is 0 Å². The zero-order valence-corrected chi connectivity index (χ0v) is 37.8. The minimum Gasteiger partial charge on any atom is -0.477 e. The molecule has 0 aromatic heterocycles. The molecule has 0 heterocycles. The van der Waals surface area contributed by atoms with Gasteiger partial charge in [0.25, 0.3) is 0 Å². The van der Waals surface area contributed by atoms with Crippen LogP contribution in [-0.4, -0.2) is 80.6 Å². The number of carbonyl (C=O) groups excluding carboxylic acids is 2. The number of quaternary nitrogens is 1. The molecular weight excluding hydrogens is 715 g/mol. The van der Waals surface area contributed by atoms with Crippen LogP contribution in [0.2, 0.25) is 0 Å². The first-order valence-electron chi connectivity index (χ1n) is 23.6. The number of esters is 2. The van der Waals surface area contributed by atoms with E-state index in [1.807, 2.05) is 21.1 Å². The molecule has 0 saturated heterocycles. The Morgan fingerprint density at radius 2 is 0.982 bits per heavy atom. The largest absolute Gasteiger partial charge is 0.477 e. The lowest BCUT2D eigenvalue weighted by molar-refractivity contribution is -0.887. The summed E-state index contributed by atoms with van der Waals surface area (Å²) >= 11 is 0. The molecular formula is C49H90NO7+. The van der Waals surface area contributed by atoms with E-state index in [2.05, 4.69) is 50.3 Å². The van der Waals surface area contributed by atoms with Crippen molar-refractivity contribution >= 4 is 17.9 Å². The average molecular weight is 805 g/mol. The average Bonchev–Trinajstić information content (AvgIpc) is 3.17. The Kier molecular flexibility index (Phi) is 38.6. The minimum atomic E-state index is -0.876. The lowest BCUT2D eigenvalue weighted by Crippen LogP contribution is -2.50. The summed E-state index contributed by atoms with van der Waals surface area (Å²) in [6, 6.07) is -0.615. The summed E-state index contributed by atoms with van der Waals surface area (Å²) in [5.74, 6) is -1.47. The standard InChI is InChI=1S/C49H89NO7/c1-6-8-10-12-14-16-18-20-22-23-24-26-27-29-31-33-35-37-39-47(51)56-44-45(43-55-42-41-46(49(53)54)50(3,4)5)57-48(52)40-38-36-34-32-30-28-25-21-19-17-15-13-11-9-7-2/h9,11,13,15,17,19,45-46H,6-8,10,12,14,16,18,20-44H2,1-5H3/p+1/b11-9+,15-13+,19-17+. The normalized spacial score (nSPS) is 13.2. The molecule has 0 fully saturated rings. The molecule has 2 unspecified atom stereocenters. The van der Waals surface area contributed by atoms with Crippen LogP contribution >= 0.6 is 0 Å². The van der Waals surface area contributed by atoms with Crippen LogP contribution in [-0.2, 0) is 28.6 Å². The Bertz CT molecular complexity index is 1030. The highest BCUT2D eigenvalue weighted by atomic mass is 16.6. The number of carboxylic acid groups (broad SMARTS) is 1. The third kappa shape index (κ3) is 38.8. The maximum atomic E-state index is 12.7. The van der Waals surface area contributed by atoms with Crippen LogP contribution in [0.25, 0.3) is 0 Å². The van der Waals surface area contributed by atoms with Crippen molar-refractivity contribution in [3.63, 3.8) is 0 Å². The number of hydrogen-bond acceptors (Lipinski definition) is 6. The fraction of sp³-hybridized carbons (Fsp3) is 0.816. The first-order valence-corrected chi connectivity index (χ1v) is 23.6. The molecule has 332 valence electrons. The van der Waals surface area contributed by atoms with E-state index in [0.29, 0.717) is 19.3 Å². The first kappa shape index (κ1) is 54.6. The van der Waals surface area contributed by atoms with Crippen molar-refractivity contribution in [2.45, 2.75) is 219 Å². The molecule has 57 heavy (non-hydrogen) atoms. The van der Waals surface area contributed by atoms with E-state index >= 15 is 0 Å². The summed E-state index contributed by atoms with van der Waals surface area (Å²) in [7, 11) is 5.53. The van der Waals surface area contributed by atoms with Crippen LogP contribution in [0.1, 0.15) is 206 Å². The SMILES string of the molecule is CC/C=C/C=C/C=C/CCCCCCCCCC(=O)OC(COCCC(C(=O)O)[N+](C)(C)C)COC(=O)CCCCCCCCCCCCCCCCCCCC. The van der Waals surface area contributed by atoms with E-state index in [1.165, 1.54) is 116 Å². The summed E-state index contributed by atoms with van der Waals surface area (Å²) in [5.41, 5.74) is 0. The number of nitrogens with zero attached hydrogens (tertiary/aromatic N) is 1. The van der Waals surface area contributed by atoms with Crippen molar-refractivity contribution in [3.8, 4) is 0 Å². The predicted molar refractivity (Wildman–Crippen MR) is 238 cm³/mol. The number of likely N-dealkylation sites (N-methyl/N-ethyl adjacent to an activating group) is 1. The number of ether oxygens (including phenoxy) is 3. The molecule has 0 rings (SSSR count). The van der Waals surface area contributed by atoms with Crippen molar-refractivity contribution in [1.82, 2.24) is 0 Å². The van der Waals surface area contributed by atoms with Gasteiger partial charge in [0.2, 0.25) is 0 Å². The quantitative estimate of drug-likeness (QED) is 0.0284. The summed E-state index contributed by atoms with van der Waals surface area (Å²) < 4.78 is 17.3. The van der Waals surface area contributed by atoms with Gasteiger partial charge in [-0.25, -0.2) is 4.79 Å². The van der Waals surface area contributed by atoms with Crippen molar-refractivity contribution < 1.29 is 38.2 Å². The lowest BCUT2D eigenvalue weighted by Gasteiger charge is -2.31. The topological polar surface area (TPSA) is 99.1 Å². The molecule has 8 heteroatoms. The second-order valence-electron chi connectivity index (χ2n) is 17.1. The number of unbranched alkanes of at least 4 members (excludes halogenated alkanes) is 24. The van der Waals surface area contributed by atoms with Crippen molar-refractivity contribution in [2.24, 2.45) is 0 Å². The van der Waals surface area contributed by atoms with E-state index in [9.17, 15) is 19.5 Å². The summed E-state index contributed by atoms with van der Waals surface area (Å²) in [6.07, 6.45) is 46.1. The molecule has 1 N–H and O–H groups in total. The van der Waals surface area contributed by atoms with Gasteiger partial charge in [-0.3, -0.25) is 9.59 Å². The fourth-order valence-corrected chi connectivity index (χ4v) is 6.98. The third-order valence-electron chi connectivity index (χ3n) is 10.6. The molecule has 0 amide bonds. The monoisotopic (exact) mass is 805 g/mol. The highest BCUT2D eigenvalue weighted by Crippen LogP contribution is 2.16. The molecule has 0 aromatic rings. The number of carbonyl (C=O) groups is 3. The molecule has 0 aliphatic rings. The first-order chi connectivity index (χ1) is 27.6. The molecule has 0 saturated carbocycles. The van der Waals surface area contributed by atoms with Crippen molar-refractivity contribution in [2.75, 3.05) is 41.0 Å². The number of hydrogen-bond donors (Lipinski definition) is 1. The maximum absolute atomic E-state index is 12.7. The van der Waals surface area contributed by atoms with Gasteiger partial charge < -0.3 is 23.8 Å². The number of carboxylic acids is 1. The second-order valence-corrected chi connectivity index (χ2v) is 17.1. The lowest BCUT2D eigenvalue weighted by atomic mass is 10.0. The van der Waals surface area contributed by atoms with Gasteiger partial charge in [-0.2, -0.15) is 0 Å². The summed E-state index contributed by atoms with van der Waals surface area (Å²) in [6.45, 7) is 4.62. The molecule has 0 aliphatic carbocycles. The third-order valence-corrected chi connectivity index (χ3v) is 10.6. The Hall–Kier alpha value is -2.45. The van der Waals surface area contributed by atoms with Crippen LogP contribution in [0.4, 0.5) is 0 Å². The molecule has 2 atom stereocenters. The highest BCUT2D eigenvalue weighted by Gasteiger charge is 2.31. The van der Waals surface area contributed by atoms with Gasteiger partial charge in [0.15, 0.2) is 12.1 Å². The Labute approximate surface area is 351 Å². The van der Waals surface area contributed by atoms with E-state index < -0.39 is 18.1 Å². The fourth-order valence-electron chi connectivity index (χ4n) is 6.98. The Morgan fingerprint density at radius 3 is 1.44 bits per heavy atom. The number of rotatable bonds is 42. The minimum absolute atomic E-state index is 0.0529. The molecule has 0 aliphatic heterocycles. The van der Waals surface area contributed by atoms with Crippen LogP contribution < -0.4 is 0 Å². The van der Waals surface area contributed by atoms with Crippen LogP contribution in [0, 0.1) is 0 Å². The van der Waals surface area contributed by atoms with Gasteiger partial charge in [-0.15, -0.1) is 0 Å². The Morgan fingerprint density at radius 1 is 0.544 bits per heavy atom. The van der Waals surface area contributed by atoms with Crippen LogP contribution in [0.5, 0.6) is 0 Å². The smallest absolute Gasteiger partial charge is 0.362 e. The molecule has 0 spiro atoms. The van der Waals surface area contributed by atoms with Gasteiger partial charge in [0.1, 0.15) is 6.61 Å². The van der Waals surface area contributed by atoms with Crippen LogP contribution in [0.15, 0.2) is 36.5 Å².